The Morgan fingerprint density at radius 3 is 2.76 bits per heavy atom. The Labute approximate surface area is 169 Å². The lowest BCUT2D eigenvalue weighted by atomic mass is 10.2. The molecule has 0 aliphatic carbocycles. The Hall–Kier alpha value is -3.74. The minimum atomic E-state index is -0.172. The van der Waals surface area contributed by atoms with Crippen LogP contribution in [0.5, 0.6) is 0 Å². The van der Waals surface area contributed by atoms with E-state index in [0.29, 0.717) is 12.2 Å². The molecule has 0 radical (unpaired) electrons. The maximum absolute atomic E-state index is 12.7. The first kappa shape index (κ1) is 18.6. The third kappa shape index (κ3) is 4.24. The van der Waals surface area contributed by atoms with Gasteiger partial charge in [0.15, 0.2) is 0 Å². The molecule has 0 fully saturated rings. The molecule has 29 heavy (non-hydrogen) atoms. The number of nitrogens with zero attached hydrogens (tertiary/aromatic N) is 5. The van der Waals surface area contributed by atoms with Crippen molar-refractivity contribution in [2.24, 2.45) is 0 Å². The third-order valence-corrected chi connectivity index (χ3v) is 4.75. The second-order valence-electron chi connectivity index (χ2n) is 6.73. The molecule has 0 atom stereocenters. The average Bonchev–Trinajstić information content (AvgIpc) is 3.21. The molecule has 0 aliphatic heterocycles. The van der Waals surface area contributed by atoms with Crippen LogP contribution in [0.4, 0.5) is 5.82 Å². The van der Waals surface area contributed by atoms with E-state index in [1.54, 1.807) is 23.0 Å². The summed E-state index contributed by atoms with van der Waals surface area (Å²) in [6.45, 7) is 1.16. The van der Waals surface area contributed by atoms with Crippen LogP contribution < -0.4 is 10.2 Å². The number of anilines is 1. The Bertz CT molecular complexity index is 1110. The van der Waals surface area contributed by atoms with Gasteiger partial charge in [0.25, 0.3) is 5.91 Å². The molecule has 1 amide bonds. The van der Waals surface area contributed by atoms with Crippen molar-refractivity contribution in [2.75, 3.05) is 18.5 Å². The molecule has 4 rings (SSSR count). The van der Waals surface area contributed by atoms with Gasteiger partial charge in [-0.25, -0.2) is 9.97 Å². The molecule has 4 heterocycles. The molecule has 0 bridgehead atoms. The number of hydrogen-bond acceptors (Lipinski definition) is 5. The van der Waals surface area contributed by atoms with Gasteiger partial charge in [-0.15, -0.1) is 0 Å². The summed E-state index contributed by atoms with van der Waals surface area (Å²) in [6, 6.07) is 15.4. The molecule has 0 unspecified atom stereocenters. The minimum Gasteiger partial charge on any atom is -0.359 e. The molecule has 0 aliphatic rings. The van der Waals surface area contributed by atoms with Gasteiger partial charge in [0.05, 0.1) is 6.20 Å². The number of imidazole rings is 1. The number of carbonyl (C=O) groups excluding carboxylic acids is 1. The van der Waals surface area contributed by atoms with Crippen LogP contribution in [0.15, 0.2) is 73.3 Å². The van der Waals surface area contributed by atoms with E-state index >= 15 is 0 Å². The summed E-state index contributed by atoms with van der Waals surface area (Å²) in [4.78, 5) is 27.9. The van der Waals surface area contributed by atoms with Crippen molar-refractivity contribution in [1.82, 2.24) is 24.7 Å². The molecule has 4 aromatic heterocycles. The van der Waals surface area contributed by atoms with Crippen molar-refractivity contribution in [3.05, 3.63) is 90.3 Å². The molecule has 0 aromatic carbocycles. The van der Waals surface area contributed by atoms with Crippen molar-refractivity contribution in [1.29, 1.82) is 0 Å². The van der Waals surface area contributed by atoms with Gasteiger partial charge in [0, 0.05) is 56.4 Å². The Balaban J connectivity index is 1.43. The van der Waals surface area contributed by atoms with Crippen molar-refractivity contribution < 1.29 is 4.79 Å². The maximum Gasteiger partial charge on any atom is 0.270 e. The fourth-order valence-corrected chi connectivity index (χ4v) is 3.21. The number of carbonyl (C=O) groups is 1. The zero-order chi connectivity index (χ0) is 20.1. The van der Waals surface area contributed by atoms with E-state index in [1.165, 1.54) is 0 Å². The number of pyridine rings is 3. The summed E-state index contributed by atoms with van der Waals surface area (Å²) < 4.78 is 1.78. The highest BCUT2D eigenvalue weighted by Crippen LogP contribution is 2.16. The van der Waals surface area contributed by atoms with E-state index in [1.807, 2.05) is 61.8 Å². The van der Waals surface area contributed by atoms with Gasteiger partial charge in [-0.2, -0.15) is 0 Å². The molecule has 0 spiro atoms. The standard InChI is InChI=1S/C22H22N6O/c1-27(14-10-18-8-2-4-11-23-18)21-17(7-6-12-24-21)15-26-22(29)19-16-25-20-9-3-5-13-28(19)20/h2-9,11-13,16H,10,14-15H2,1H3,(H,26,29). The molecule has 1 N–H and O–H groups in total. The molecule has 0 saturated carbocycles. The second kappa shape index (κ2) is 8.52. The van der Waals surface area contributed by atoms with Gasteiger partial charge >= 0.3 is 0 Å². The second-order valence-corrected chi connectivity index (χ2v) is 6.73. The molecule has 7 heteroatoms. The summed E-state index contributed by atoms with van der Waals surface area (Å²) in [5.74, 6) is 0.677. The van der Waals surface area contributed by atoms with Gasteiger partial charge in [0.1, 0.15) is 17.2 Å². The van der Waals surface area contributed by atoms with Crippen LogP contribution in [0, 0.1) is 0 Å². The number of hydrogen-bond donors (Lipinski definition) is 1. The van der Waals surface area contributed by atoms with Gasteiger partial charge in [0.2, 0.25) is 0 Å². The maximum atomic E-state index is 12.7. The lowest BCUT2D eigenvalue weighted by Crippen LogP contribution is -2.27. The van der Waals surface area contributed by atoms with Crippen molar-refractivity contribution in [3.8, 4) is 0 Å². The van der Waals surface area contributed by atoms with Crippen molar-refractivity contribution in [3.63, 3.8) is 0 Å². The van der Waals surface area contributed by atoms with E-state index in [-0.39, 0.29) is 5.91 Å². The van der Waals surface area contributed by atoms with Crippen LogP contribution >= 0.6 is 0 Å². The van der Waals surface area contributed by atoms with Crippen LogP contribution in [0.3, 0.4) is 0 Å². The van der Waals surface area contributed by atoms with Gasteiger partial charge < -0.3 is 10.2 Å². The summed E-state index contributed by atoms with van der Waals surface area (Å²) in [6.07, 6.45) is 7.81. The lowest BCUT2D eigenvalue weighted by molar-refractivity contribution is 0.0945. The van der Waals surface area contributed by atoms with Crippen LogP contribution in [0.1, 0.15) is 21.7 Å². The third-order valence-electron chi connectivity index (χ3n) is 4.75. The number of likely N-dealkylation sites (N-methyl/N-ethyl adjacent to an activating group) is 1. The fraction of sp³-hybridized carbons (Fsp3) is 0.182. The normalized spacial score (nSPS) is 10.8. The molecule has 146 valence electrons. The molecular formula is C22H22N6O. The number of nitrogens with one attached hydrogen (secondary N) is 1. The van der Waals surface area contributed by atoms with E-state index in [0.717, 1.165) is 35.7 Å². The number of fused-ring (bicyclic) bond motifs is 1. The Kier molecular flexibility index (Phi) is 5.47. The van der Waals surface area contributed by atoms with Crippen molar-refractivity contribution >= 4 is 17.4 Å². The summed E-state index contributed by atoms with van der Waals surface area (Å²) in [7, 11) is 2.00. The van der Waals surface area contributed by atoms with E-state index < -0.39 is 0 Å². The number of rotatable bonds is 7. The Morgan fingerprint density at radius 2 is 1.90 bits per heavy atom. The molecule has 0 saturated heterocycles. The lowest BCUT2D eigenvalue weighted by Gasteiger charge is -2.21. The highest BCUT2D eigenvalue weighted by Gasteiger charge is 2.14. The number of amides is 1. The van der Waals surface area contributed by atoms with Crippen LogP contribution in [-0.4, -0.2) is 38.9 Å². The van der Waals surface area contributed by atoms with Gasteiger partial charge in [-0.05, 0) is 30.3 Å². The molecule has 4 aromatic rings. The van der Waals surface area contributed by atoms with E-state index in [2.05, 4.69) is 25.2 Å². The van der Waals surface area contributed by atoms with Crippen LogP contribution in [-0.2, 0) is 13.0 Å². The van der Waals surface area contributed by atoms with Gasteiger partial charge in [-0.1, -0.05) is 18.2 Å². The van der Waals surface area contributed by atoms with Crippen molar-refractivity contribution in [2.45, 2.75) is 13.0 Å². The monoisotopic (exact) mass is 386 g/mol. The predicted molar refractivity (Wildman–Crippen MR) is 112 cm³/mol. The first-order valence-electron chi connectivity index (χ1n) is 9.47. The zero-order valence-corrected chi connectivity index (χ0v) is 16.2. The molecular weight excluding hydrogens is 364 g/mol. The first-order valence-corrected chi connectivity index (χ1v) is 9.47. The summed E-state index contributed by atoms with van der Waals surface area (Å²) in [5.41, 5.74) is 3.25. The highest BCUT2D eigenvalue weighted by atomic mass is 16.1. The SMILES string of the molecule is CN(CCc1ccccn1)c1ncccc1CNC(=O)c1cnc2ccccn12. The fourth-order valence-electron chi connectivity index (χ4n) is 3.21. The topological polar surface area (TPSA) is 75.4 Å². The van der Waals surface area contributed by atoms with Gasteiger partial charge in [-0.3, -0.25) is 14.2 Å². The number of aromatic nitrogens is 4. The van der Waals surface area contributed by atoms with Crippen LogP contribution in [0.2, 0.25) is 0 Å². The highest BCUT2D eigenvalue weighted by molar-refractivity contribution is 5.93. The minimum absolute atomic E-state index is 0.172. The smallest absolute Gasteiger partial charge is 0.270 e. The Morgan fingerprint density at radius 1 is 1.03 bits per heavy atom. The summed E-state index contributed by atoms with van der Waals surface area (Å²) in [5, 5.41) is 2.98. The summed E-state index contributed by atoms with van der Waals surface area (Å²) >= 11 is 0. The first-order chi connectivity index (χ1) is 14.2. The zero-order valence-electron chi connectivity index (χ0n) is 16.2. The largest absolute Gasteiger partial charge is 0.359 e. The van der Waals surface area contributed by atoms with Crippen LogP contribution in [0.25, 0.3) is 5.65 Å². The quantitative estimate of drug-likeness (QED) is 0.529. The molecule has 7 nitrogen and oxygen atoms in total. The predicted octanol–water partition coefficient (Wildman–Crippen LogP) is 2.73. The van der Waals surface area contributed by atoms with E-state index in [4.69, 9.17) is 0 Å². The van der Waals surface area contributed by atoms with E-state index in [9.17, 15) is 4.79 Å². The average molecular weight is 386 g/mol.